The van der Waals surface area contributed by atoms with Crippen molar-refractivity contribution < 1.29 is 9.53 Å². The van der Waals surface area contributed by atoms with E-state index < -0.39 is 0 Å². The van der Waals surface area contributed by atoms with Crippen LogP contribution in [0.1, 0.15) is 16.9 Å². The van der Waals surface area contributed by atoms with Gasteiger partial charge in [-0.3, -0.25) is 9.69 Å². The van der Waals surface area contributed by atoms with Gasteiger partial charge in [0.1, 0.15) is 11.4 Å². The minimum atomic E-state index is -0.245. The molecule has 10 heteroatoms. The van der Waals surface area contributed by atoms with Crippen LogP contribution in [0, 0.1) is 0 Å². The number of anilines is 2. The van der Waals surface area contributed by atoms with Gasteiger partial charge in [-0.15, -0.1) is 0 Å². The second-order valence-corrected chi connectivity index (χ2v) is 7.67. The molecular weight excluding hydrogens is 418 g/mol. The number of rotatable bonds is 10. The fourth-order valence-corrected chi connectivity index (χ4v) is 3.64. The molecule has 168 valence electrons. The average molecular weight is 448 g/mol. The molecule has 0 spiro atoms. The summed E-state index contributed by atoms with van der Waals surface area (Å²) in [6.07, 6.45) is 2.53. The molecule has 2 aromatic rings. The number of aromatic nitrogens is 2. The normalized spacial score (nSPS) is 14.4. The number of nitrogens with one attached hydrogen (secondary N) is 2. The Morgan fingerprint density at radius 2 is 2.03 bits per heavy atom. The van der Waals surface area contributed by atoms with Gasteiger partial charge >= 0.3 is 0 Å². The smallest absolute Gasteiger partial charge is 0.270 e. The lowest BCUT2D eigenvalue weighted by Gasteiger charge is -2.36. The van der Waals surface area contributed by atoms with E-state index >= 15 is 0 Å². The zero-order chi connectivity index (χ0) is 22.1. The Labute approximate surface area is 187 Å². The molecule has 2 heterocycles. The molecule has 31 heavy (non-hydrogen) atoms. The van der Waals surface area contributed by atoms with Gasteiger partial charge in [0, 0.05) is 57.0 Å². The topological polar surface area (TPSA) is 109 Å². The van der Waals surface area contributed by atoms with Gasteiger partial charge in [-0.2, -0.15) is 0 Å². The van der Waals surface area contributed by atoms with E-state index in [2.05, 4.69) is 30.4 Å². The SMILES string of the molecule is COc1ccc(Cl)cc1N1CCN(CCCNc2nccc(C(=O)NCCN)n2)CC1. The summed E-state index contributed by atoms with van der Waals surface area (Å²) in [6.45, 7) is 6.32. The summed E-state index contributed by atoms with van der Waals surface area (Å²) in [5.74, 6) is 1.06. The molecule has 1 aliphatic rings. The number of benzene rings is 1. The number of ether oxygens (including phenoxy) is 1. The quantitative estimate of drug-likeness (QED) is 0.469. The average Bonchev–Trinajstić information content (AvgIpc) is 2.81. The van der Waals surface area contributed by atoms with Gasteiger partial charge in [-0.1, -0.05) is 11.6 Å². The second-order valence-electron chi connectivity index (χ2n) is 7.24. The van der Waals surface area contributed by atoms with Crippen LogP contribution in [-0.4, -0.2) is 80.2 Å². The fourth-order valence-electron chi connectivity index (χ4n) is 3.47. The van der Waals surface area contributed by atoms with Gasteiger partial charge in [-0.25, -0.2) is 9.97 Å². The Morgan fingerprint density at radius 3 is 2.77 bits per heavy atom. The first-order chi connectivity index (χ1) is 15.1. The molecule has 4 N–H and O–H groups in total. The molecule has 0 bridgehead atoms. The Bertz CT molecular complexity index is 859. The van der Waals surface area contributed by atoms with E-state index in [-0.39, 0.29) is 5.91 Å². The minimum Gasteiger partial charge on any atom is -0.495 e. The van der Waals surface area contributed by atoms with E-state index in [1.165, 1.54) is 0 Å². The van der Waals surface area contributed by atoms with Crippen LogP contribution in [0.2, 0.25) is 5.02 Å². The summed E-state index contributed by atoms with van der Waals surface area (Å²) < 4.78 is 5.48. The molecule has 0 radical (unpaired) electrons. The number of methoxy groups -OCH3 is 1. The number of amides is 1. The highest BCUT2D eigenvalue weighted by molar-refractivity contribution is 6.30. The van der Waals surface area contributed by atoms with Crippen molar-refractivity contribution in [1.29, 1.82) is 0 Å². The van der Waals surface area contributed by atoms with Crippen LogP contribution in [0.25, 0.3) is 0 Å². The van der Waals surface area contributed by atoms with Crippen molar-refractivity contribution in [3.8, 4) is 5.75 Å². The zero-order valence-electron chi connectivity index (χ0n) is 17.8. The van der Waals surface area contributed by atoms with Crippen LogP contribution in [0.4, 0.5) is 11.6 Å². The Balaban J connectivity index is 1.40. The molecule has 9 nitrogen and oxygen atoms in total. The molecular formula is C21H30ClN7O2. The summed E-state index contributed by atoms with van der Waals surface area (Å²) in [5, 5.41) is 6.62. The highest BCUT2D eigenvalue weighted by atomic mass is 35.5. The maximum Gasteiger partial charge on any atom is 0.270 e. The van der Waals surface area contributed by atoms with Crippen molar-refractivity contribution in [2.24, 2.45) is 5.73 Å². The molecule has 1 saturated heterocycles. The van der Waals surface area contributed by atoms with Crippen LogP contribution in [0.5, 0.6) is 5.75 Å². The maximum atomic E-state index is 12.0. The summed E-state index contributed by atoms with van der Waals surface area (Å²) in [7, 11) is 1.68. The van der Waals surface area contributed by atoms with Crippen molar-refractivity contribution in [1.82, 2.24) is 20.2 Å². The van der Waals surface area contributed by atoms with Crippen molar-refractivity contribution in [2.45, 2.75) is 6.42 Å². The number of hydrogen-bond acceptors (Lipinski definition) is 8. The van der Waals surface area contributed by atoms with E-state index in [9.17, 15) is 4.79 Å². The van der Waals surface area contributed by atoms with Crippen molar-refractivity contribution in [3.63, 3.8) is 0 Å². The third-order valence-electron chi connectivity index (χ3n) is 5.11. The van der Waals surface area contributed by atoms with Gasteiger partial charge in [0.25, 0.3) is 5.91 Å². The Hall–Kier alpha value is -2.62. The molecule has 3 rings (SSSR count). The molecule has 0 aliphatic carbocycles. The first-order valence-electron chi connectivity index (χ1n) is 10.5. The molecule has 1 amide bonds. The zero-order valence-corrected chi connectivity index (χ0v) is 18.6. The highest BCUT2D eigenvalue weighted by Crippen LogP contribution is 2.31. The number of carbonyl (C=O) groups is 1. The van der Waals surface area contributed by atoms with Gasteiger partial charge in [-0.05, 0) is 37.2 Å². The van der Waals surface area contributed by atoms with Crippen LogP contribution in [0.15, 0.2) is 30.5 Å². The molecule has 0 unspecified atom stereocenters. The molecule has 0 atom stereocenters. The molecule has 1 aromatic heterocycles. The van der Waals surface area contributed by atoms with Crippen molar-refractivity contribution in [3.05, 3.63) is 41.2 Å². The third kappa shape index (κ3) is 6.68. The largest absolute Gasteiger partial charge is 0.495 e. The molecule has 0 saturated carbocycles. The Morgan fingerprint density at radius 1 is 1.23 bits per heavy atom. The molecule has 1 aromatic carbocycles. The standard InChI is InChI=1S/C21H30ClN7O2/c1-31-19-4-3-16(22)15-18(19)29-13-11-28(12-14-29)10-2-7-25-21-26-8-5-17(27-21)20(30)24-9-6-23/h3-5,8,15H,2,6-7,9-14,23H2,1H3,(H,24,30)(H,25,26,27). The predicted molar refractivity (Wildman–Crippen MR) is 123 cm³/mol. The van der Waals surface area contributed by atoms with Crippen molar-refractivity contribution >= 4 is 29.1 Å². The van der Waals surface area contributed by atoms with E-state index in [0.29, 0.717) is 29.8 Å². The number of hydrogen-bond donors (Lipinski definition) is 3. The Kier molecular flexibility index (Phi) is 8.69. The van der Waals surface area contributed by atoms with Gasteiger partial charge in [0.15, 0.2) is 0 Å². The maximum absolute atomic E-state index is 12.0. The van der Waals surface area contributed by atoms with Gasteiger partial charge < -0.3 is 26.0 Å². The lowest BCUT2D eigenvalue weighted by Crippen LogP contribution is -2.47. The number of nitrogens with zero attached hydrogens (tertiary/aromatic N) is 4. The van der Waals surface area contributed by atoms with Crippen LogP contribution in [-0.2, 0) is 0 Å². The van der Waals surface area contributed by atoms with Crippen LogP contribution in [0.3, 0.4) is 0 Å². The second kappa shape index (κ2) is 11.7. The van der Waals surface area contributed by atoms with E-state index in [1.807, 2.05) is 18.2 Å². The minimum absolute atomic E-state index is 0.245. The number of halogens is 1. The van der Waals surface area contributed by atoms with Crippen LogP contribution < -0.4 is 26.0 Å². The van der Waals surface area contributed by atoms with E-state index in [4.69, 9.17) is 22.1 Å². The van der Waals surface area contributed by atoms with Gasteiger partial charge in [0.05, 0.1) is 12.8 Å². The first kappa shape index (κ1) is 23.1. The molecule has 1 aliphatic heterocycles. The number of carbonyl (C=O) groups excluding carboxylic acids is 1. The number of piperazine rings is 1. The van der Waals surface area contributed by atoms with E-state index in [1.54, 1.807) is 19.4 Å². The van der Waals surface area contributed by atoms with E-state index in [0.717, 1.165) is 57.1 Å². The lowest BCUT2D eigenvalue weighted by atomic mass is 10.2. The monoisotopic (exact) mass is 447 g/mol. The highest BCUT2D eigenvalue weighted by Gasteiger charge is 2.19. The third-order valence-corrected chi connectivity index (χ3v) is 5.34. The van der Waals surface area contributed by atoms with Crippen LogP contribution >= 0.6 is 11.6 Å². The summed E-state index contributed by atoms with van der Waals surface area (Å²) in [5.41, 5.74) is 6.78. The van der Waals surface area contributed by atoms with Crippen molar-refractivity contribution in [2.75, 3.05) is 69.7 Å². The predicted octanol–water partition coefficient (Wildman–Crippen LogP) is 1.45. The van der Waals surface area contributed by atoms with Gasteiger partial charge in [0.2, 0.25) is 5.95 Å². The number of nitrogens with two attached hydrogens (primary N) is 1. The summed E-state index contributed by atoms with van der Waals surface area (Å²) in [4.78, 5) is 25.2. The first-order valence-corrected chi connectivity index (χ1v) is 10.8. The summed E-state index contributed by atoms with van der Waals surface area (Å²) >= 11 is 6.17. The molecule has 1 fully saturated rings. The summed E-state index contributed by atoms with van der Waals surface area (Å²) in [6, 6.07) is 7.31. The fraction of sp³-hybridized carbons (Fsp3) is 0.476. The lowest BCUT2D eigenvalue weighted by molar-refractivity contribution is 0.0949.